The van der Waals surface area contributed by atoms with E-state index in [1.54, 1.807) is 17.0 Å². The molecule has 0 spiro atoms. The highest BCUT2D eigenvalue weighted by Crippen LogP contribution is 2.30. The first kappa shape index (κ1) is 24.4. The minimum absolute atomic E-state index is 0.111. The van der Waals surface area contributed by atoms with Crippen molar-refractivity contribution in [3.63, 3.8) is 0 Å². The molecule has 1 aliphatic rings. The van der Waals surface area contributed by atoms with Crippen LogP contribution in [0.15, 0.2) is 53.4 Å². The van der Waals surface area contributed by atoms with Crippen LogP contribution < -0.4 is 5.32 Å². The van der Waals surface area contributed by atoms with Gasteiger partial charge in [0.2, 0.25) is 15.9 Å². The van der Waals surface area contributed by atoms with Gasteiger partial charge in [0.05, 0.1) is 14.8 Å². The Morgan fingerprint density at radius 1 is 0.941 bits per heavy atom. The SMILES string of the molecule is Cc1cc(NC(=O)C(C)(C)C)sc1C(=O)N1CCN(S(=O)(=O)c2ccc3ccccc3c2)CC1. The minimum atomic E-state index is -3.65. The highest BCUT2D eigenvalue weighted by molar-refractivity contribution is 7.89. The molecular formula is C25H29N3O4S2. The van der Waals surface area contributed by atoms with Gasteiger partial charge in [0.15, 0.2) is 0 Å². The van der Waals surface area contributed by atoms with Crippen LogP contribution in [0, 0.1) is 12.3 Å². The molecule has 7 nitrogen and oxygen atoms in total. The number of anilines is 1. The molecule has 2 heterocycles. The number of nitrogens with one attached hydrogen (secondary N) is 1. The van der Waals surface area contributed by atoms with Gasteiger partial charge in [0.1, 0.15) is 0 Å². The average Bonchev–Trinajstić information content (AvgIpc) is 3.17. The Morgan fingerprint density at radius 2 is 1.59 bits per heavy atom. The van der Waals surface area contributed by atoms with Gasteiger partial charge in [0, 0.05) is 31.6 Å². The van der Waals surface area contributed by atoms with E-state index in [9.17, 15) is 18.0 Å². The summed E-state index contributed by atoms with van der Waals surface area (Å²) in [7, 11) is -3.65. The number of amides is 2. The van der Waals surface area contributed by atoms with Crippen molar-refractivity contribution in [1.82, 2.24) is 9.21 Å². The fourth-order valence-electron chi connectivity index (χ4n) is 3.81. The van der Waals surface area contributed by atoms with E-state index >= 15 is 0 Å². The zero-order valence-corrected chi connectivity index (χ0v) is 21.4. The minimum Gasteiger partial charge on any atom is -0.335 e. The number of sulfonamides is 1. The Bertz CT molecular complexity index is 1350. The van der Waals surface area contributed by atoms with Gasteiger partial charge >= 0.3 is 0 Å². The number of carbonyl (C=O) groups excluding carboxylic acids is 2. The third-order valence-electron chi connectivity index (χ3n) is 5.91. The molecule has 3 aromatic rings. The number of aryl methyl sites for hydroxylation is 1. The summed E-state index contributed by atoms with van der Waals surface area (Å²) in [5, 5.41) is 5.38. The molecule has 1 aliphatic heterocycles. The van der Waals surface area contributed by atoms with E-state index in [-0.39, 0.29) is 29.8 Å². The molecule has 2 aromatic carbocycles. The Labute approximate surface area is 204 Å². The van der Waals surface area contributed by atoms with Crippen LogP contribution in [0.2, 0.25) is 0 Å². The van der Waals surface area contributed by atoms with Crippen LogP contribution in [0.1, 0.15) is 36.0 Å². The largest absolute Gasteiger partial charge is 0.335 e. The van der Waals surface area contributed by atoms with E-state index in [1.165, 1.54) is 15.6 Å². The van der Waals surface area contributed by atoms with Crippen molar-refractivity contribution in [1.29, 1.82) is 0 Å². The maximum Gasteiger partial charge on any atom is 0.264 e. The van der Waals surface area contributed by atoms with Crippen molar-refractivity contribution in [2.24, 2.45) is 5.41 Å². The smallest absolute Gasteiger partial charge is 0.264 e. The second kappa shape index (κ2) is 9.13. The van der Waals surface area contributed by atoms with E-state index in [2.05, 4.69) is 5.32 Å². The number of thiophene rings is 1. The van der Waals surface area contributed by atoms with Crippen LogP contribution in [0.5, 0.6) is 0 Å². The van der Waals surface area contributed by atoms with Crippen LogP contribution in [-0.4, -0.2) is 55.6 Å². The zero-order valence-electron chi connectivity index (χ0n) is 19.8. The van der Waals surface area contributed by atoms with Crippen molar-refractivity contribution in [3.8, 4) is 0 Å². The zero-order chi connectivity index (χ0) is 24.7. The van der Waals surface area contributed by atoms with Crippen LogP contribution in [-0.2, 0) is 14.8 Å². The summed E-state index contributed by atoms with van der Waals surface area (Å²) in [5.74, 6) is -0.248. The summed E-state index contributed by atoms with van der Waals surface area (Å²) < 4.78 is 27.8. The lowest BCUT2D eigenvalue weighted by Gasteiger charge is -2.34. The van der Waals surface area contributed by atoms with Crippen LogP contribution in [0.3, 0.4) is 0 Å². The van der Waals surface area contributed by atoms with Crippen LogP contribution in [0.25, 0.3) is 10.8 Å². The molecule has 180 valence electrons. The lowest BCUT2D eigenvalue weighted by atomic mass is 9.96. The molecule has 0 atom stereocenters. The van der Waals surface area contributed by atoms with Gasteiger partial charge in [-0.15, -0.1) is 11.3 Å². The first-order chi connectivity index (χ1) is 16.0. The summed E-state index contributed by atoms with van der Waals surface area (Å²) in [4.78, 5) is 27.9. The van der Waals surface area contributed by atoms with Crippen molar-refractivity contribution < 1.29 is 18.0 Å². The van der Waals surface area contributed by atoms with Crippen molar-refractivity contribution in [2.75, 3.05) is 31.5 Å². The molecule has 9 heteroatoms. The fraction of sp³-hybridized carbons (Fsp3) is 0.360. The number of hydrogen-bond donors (Lipinski definition) is 1. The maximum atomic E-state index is 13.2. The van der Waals surface area contributed by atoms with Gasteiger partial charge < -0.3 is 10.2 Å². The molecule has 34 heavy (non-hydrogen) atoms. The number of piperazine rings is 1. The Morgan fingerprint density at radius 3 is 2.24 bits per heavy atom. The molecule has 1 N–H and O–H groups in total. The first-order valence-electron chi connectivity index (χ1n) is 11.2. The number of rotatable bonds is 4. The third-order valence-corrected chi connectivity index (χ3v) is 8.95. The van der Waals surface area contributed by atoms with Gasteiger partial charge in [0.25, 0.3) is 5.91 Å². The van der Waals surface area contributed by atoms with E-state index in [1.807, 2.05) is 64.1 Å². The number of benzene rings is 2. The first-order valence-corrected chi connectivity index (χ1v) is 13.4. The molecule has 0 bridgehead atoms. The monoisotopic (exact) mass is 499 g/mol. The van der Waals surface area contributed by atoms with Gasteiger partial charge in [-0.2, -0.15) is 4.31 Å². The lowest BCUT2D eigenvalue weighted by molar-refractivity contribution is -0.123. The van der Waals surface area contributed by atoms with Crippen molar-refractivity contribution in [3.05, 3.63) is 59.0 Å². The summed E-state index contributed by atoms with van der Waals surface area (Å²) >= 11 is 1.25. The topological polar surface area (TPSA) is 86.8 Å². The summed E-state index contributed by atoms with van der Waals surface area (Å²) in [6, 6.07) is 14.6. The van der Waals surface area contributed by atoms with Crippen molar-refractivity contribution in [2.45, 2.75) is 32.6 Å². The number of carbonyl (C=O) groups is 2. The summed E-state index contributed by atoms with van der Waals surface area (Å²) in [6.07, 6.45) is 0. The molecule has 1 fully saturated rings. The fourth-order valence-corrected chi connectivity index (χ4v) is 6.30. The maximum absolute atomic E-state index is 13.2. The average molecular weight is 500 g/mol. The number of fused-ring (bicyclic) bond motifs is 1. The Hall–Kier alpha value is -2.75. The van der Waals surface area contributed by atoms with Gasteiger partial charge in [-0.25, -0.2) is 8.42 Å². The molecule has 0 radical (unpaired) electrons. The molecular weight excluding hydrogens is 470 g/mol. The summed E-state index contributed by atoms with van der Waals surface area (Å²) in [5.41, 5.74) is 0.264. The molecule has 1 saturated heterocycles. The van der Waals surface area contributed by atoms with Gasteiger partial charge in [-0.1, -0.05) is 51.1 Å². The summed E-state index contributed by atoms with van der Waals surface area (Å²) in [6.45, 7) is 8.44. The van der Waals surface area contributed by atoms with E-state index in [0.717, 1.165) is 16.3 Å². The quantitative estimate of drug-likeness (QED) is 0.579. The molecule has 1 aromatic heterocycles. The van der Waals surface area contributed by atoms with Gasteiger partial charge in [-0.05, 0) is 41.5 Å². The second-order valence-corrected chi connectivity index (χ2v) is 12.5. The van der Waals surface area contributed by atoms with E-state index < -0.39 is 15.4 Å². The Balaban J connectivity index is 1.44. The van der Waals surface area contributed by atoms with Crippen LogP contribution in [0.4, 0.5) is 5.00 Å². The van der Waals surface area contributed by atoms with Gasteiger partial charge in [-0.3, -0.25) is 9.59 Å². The predicted molar refractivity (Wildman–Crippen MR) is 136 cm³/mol. The van der Waals surface area contributed by atoms with Crippen LogP contribution >= 0.6 is 11.3 Å². The highest BCUT2D eigenvalue weighted by Gasteiger charge is 2.32. The highest BCUT2D eigenvalue weighted by atomic mass is 32.2. The third kappa shape index (κ3) is 4.87. The second-order valence-electron chi connectivity index (χ2n) is 9.53. The predicted octanol–water partition coefficient (Wildman–Crippen LogP) is 4.34. The molecule has 4 rings (SSSR count). The number of nitrogens with zero attached hydrogens (tertiary/aromatic N) is 2. The van der Waals surface area contributed by atoms with E-state index in [4.69, 9.17) is 0 Å². The standard InChI is InChI=1S/C25H29N3O4S2/c1-17-15-21(26-24(30)25(2,3)4)33-22(17)23(29)27-11-13-28(14-12-27)34(31,32)20-10-9-18-7-5-6-8-19(18)16-20/h5-10,15-16H,11-14H2,1-4H3,(H,26,30). The van der Waals surface area contributed by atoms with Crippen molar-refractivity contribution >= 4 is 48.9 Å². The molecule has 0 saturated carbocycles. The van der Waals surface area contributed by atoms with E-state index in [0.29, 0.717) is 23.0 Å². The number of hydrogen-bond acceptors (Lipinski definition) is 5. The molecule has 2 amide bonds. The normalized spacial score (nSPS) is 15.5. The molecule has 0 aliphatic carbocycles. The molecule has 0 unspecified atom stereocenters. The Kier molecular flexibility index (Phi) is 6.54. The lowest BCUT2D eigenvalue weighted by Crippen LogP contribution is -2.50.